The molecule has 0 atom stereocenters. The number of rotatable bonds is 5. The van der Waals surface area contributed by atoms with Crippen molar-refractivity contribution < 1.29 is 9.59 Å². The highest BCUT2D eigenvalue weighted by Crippen LogP contribution is 2.38. The lowest BCUT2D eigenvalue weighted by Gasteiger charge is -2.07. The normalized spacial score (nSPS) is 13.8. The number of aryl methyl sites for hydroxylation is 2. The van der Waals surface area contributed by atoms with E-state index in [1.807, 2.05) is 12.1 Å². The van der Waals surface area contributed by atoms with Crippen LogP contribution in [0.4, 0.5) is 0 Å². The fraction of sp³-hybridized carbons (Fsp3) is 0.333. The molecule has 1 aromatic carbocycles. The van der Waals surface area contributed by atoms with Gasteiger partial charge >= 0.3 is 0 Å². The molecule has 0 aliphatic heterocycles. The minimum absolute atomic E-state index is 0.332. The summed E-state index contributed by atoms with van der Waals surface area (Å²) < 4.78 is 2.33. The Morgan fingerprint density at radius 2 is 1.85 bits per heavy atom. The van der Waals surface area contributed by atoms with Gasteiger partial charge in [0.1, 0.15) is 0 Å². The highest BCUT2D eigenvalue weighted by molar-refractivity contribution is 5.98. The quantitative estimate of drug-likeness (QED) is 0.640. The maximum Gasteiger partial charge on any atom is 0.269 e. The Labute approximate surface area is 154 Å². The smallest absolute Gasteiger partial charge is 0.269 e. The van der Waals surface area contributed by atoms with E-state index in [2.05, 4.69) is 42.3 Å². The third-order valence-electron chi connectivity index (χ3n) is 4.77. The topological polar surface area (TPSA) is 63.1 Å². The lowest BCUT2D eigenvalue weighted by Crippen LogP contribution is -2.40. The van der Waals surface area contributed by atoms with E-state index >= 15 is 0 Å². The van der Waals surface area contributed by atoms with Gasteiger partial charge in [-0.05, 0) is 68.5 Å². The molecule has 0 radical (unpaired) electrons. The van der Waals surface area contributed by atoms with Crippen LogP contribution in [0.2, 0.25) is 0 Å². The van der Waals surface area contributed by atoms with Crippen LogP contribution in [-0.2, 0) is 11.2 Å². The SMILES string of the molecule is CCc1ccc(C(=O)NNC(=O)/C=C/c2cc(C)n(C3CC3)c2C)cc1. The lowest BCUT2D eigenvalue weighted by molar-refractivity contribution is -0.117. The Hall–Kier alpha value is -2.82. The molecule has 0 saturated heterocycles. The van der Waals surface area contributed by atoms with Crippen molar-refractivity contribution in [3.05, 3.63) is 64.5 Å². The molecule has 2 N–H and O–H groups in total. The Balaban J connectivity index is 1.56. The molecule has 5 heteroatoms. The molecule has 0 bridgehead atoms. The molecule has 26 heavy (non-hydrogen) atoms. The van der Waals surface area contributed by atoms with Gasteiger partial charge in [-0.15, -0.1) is 0 Å². The van der Waals surface area contributed by atoms with E-state index in [4.69, 9.17) is 0 Å². The lowest BCUT2D eigenvalue weighted by atomic mass is 10.1. The van der Waals surface area contributed by atoms with Crippen LogP contribution in [0.5, 0.6) is 0 Å². The minimum atomic E-state index is -0.361. The predicted octanol–water partition coefficient (Wildman–Crippen LogP) is 3.48. The summed E-state index contributed by atoms with van der Waals surface area (Å²) in [6.45, 7) is 6.22. The number of nitrogens with zero attached hydrogens (tertiary/aromatic N) is 1. The average molecular weight is 351 g/mol. The second kappa shape index (κ2) is 7.60. The number of carbonyl (C=O) groups is 2. The van der Waals surface area contributed by atoms with E-state index in [-0.39, 0.29) is 11.8 Å². The summed E-state index contributed by atoms with van der Waals surface area (Å²) in [5.74, 6) is -0.693. The number of hydrazine groups is 1. The number of aromatic nitrogens is 1. The standard InChI is InChI=1S/C21H25N3O2/c1-4-16-5-7-17(8-6-16)21(26)23-22-20(25)12-9-18-13-14(2)24(15(18)3)19-10-11-19/h5-9,12-13,19H,4,10-11H2,1-3H3,(H,22,25)(H,23,26)/b12-9+. The molecule has 0 unspecified atom stereocenters. The van der Waals surface area contributed by atoms with Gasteiger partial charge in [0.2, 0.25) is 0 Å². The summed E-state index contributed by atoms with van der Waals surface area (Å²) in [5.41, 5.74) is 9.96. The highest BCUT2D eigenvalue weighted by atomic mass is 16.2. The predicted molar refractivity (Wildman–Crippen MR) is 103 cm³/mol. The number of amides is 2. The fourth-order valence-corrected chi connectivity index (χ4v) is 3.16. The van der Waals surface area contributed by atoms with Crippen molar-refractivity contribution in [1.29, 1.82) is 0 Å². The number of carbonyl (C=O) groups excluding carboxylic acids is 2. The van der Waals surface area contributed by atoms with Gasteiger partial charge < -0.3 is 4.57 Å². The van der Waals surface area contributed by atoms with Gasteiger partial charge in [-0.25, -0.2) is 0 Å². The van der Waals surface area contributed by atoms with Crippen LogP contribution in [0, 0.1) is 13.8 Å². The van der Waals surface area contributed by atoms with Gasteiger partial charge in [0, 0.05) is 29.1 Å². The second-order valence-electron chi connectivity index (χ2n) is 6.75. The molecule has 0 spiro atoms. The van der Waals surface area contributed by atoms with Crippen LogP contribution in [-0.4, -0.2) is 16.4 Å². The van der Waals surface area contributed by atoms with Gasteiger partial charge in [0.15, 0.2) is 0 Å². The van der Waals surface area contributed by atoms with Crippen LogP contribution >= 0.6 is 0 Å². The number of hydrogen-bond acceptors (Lipinski definition) is 2. The maximum atomic E-state index is 12.1. The molecule has 1 aliphatic rings. The van der Waals surface area contributed by atoms with Gasteiger partial charge in [0.25, 0.3) is 11.8 Å². The average Bonchev–Trinajstić information content (AvgIpc) is 3.43. The second-order valence-corrected chi connectivity index (χ2v) is 6.75. The Morgan fingerprint density at radius 1 is 1.15 bits per heavy atom. The fourth-order valence-electron chi connectivity index (χ4n) is 3.16. The Kier molecular flexibility index (Phi) is 5.26. The van der Waals surface area contributed by atoms with Gasteiger partial charge in [-0.3, -0.25) is 20.4 Å². The molecule has 2 aromatic rings. The van der Waals surface area contributed by atoms with E-state index in [1.54, 1.807) is 18.2 Å². The van der Waals surface area contributed by atoms with Crippen molar-refractivity contribution in [2.24, 2.45) is 0 Å². The zero-order chi connectivity index (χ0) is 18.7. The molecular weight excluding hydrogens is 326 g/mol. The van der Waals surface area contributed by atoms with Gasteiger partial charge in [0.05, 0.1) is 0 Å². The monoisotopic (exact) mass is 351 g/mol. The van der Waals surface area contributed by atoms with Crippen molar-refractivity contribution in [2.75, 3.05) is 0 Å². The summed E-state index contributed by atoms with van der Waals surface area (Å²) in [5, 5.41) is 0. The van der Waals surface area contributed by atoms with Crippen molar-refractivity contribution in [1.82, 2.24) is 15.4 Å². The van der Waals surface area contributed by atoms with Gasteiger partial charge in [-0.1, -0.05) is 19.1 Å². The van der Waals surface area contributed by atoms with Crippen molar-refractivity contribution in [2.45, 2.75) is 46.1 Å². The molecule has 2 amide bonds. The van der Waals surface area contributed by atoms with Crippen LogP contribution in [0.3, 0.4) is 0 Å². The van der Waals surface area contributed by atoms with E-state index in [0.29, 0.717) is 11.6 Å². The molecule has 1 saturated carbocycles. The summed E-state index contributed by atoms with van der Waals surface area (Å²) in [7, 11) is 0. The van der Waals surface area contributed by atoms with Crippen molar-refractivity contribution in [3.63, 3.8) is 0 Å². The third kappa shape index (κ3) is 4.04. The Morgan fingerprint density at radius 3 is 2.46 bits per heavy atom. The first-order chi connectivity index (χ1) is 12.5. The first kappa shape index (κ1) is 18.0. The van der Waals surface area contributed by atoms with E-state index in [0.717, 1.165) is 17.5 Å². The molecular formula is C21H25N3O2. The summed E-state index contributed by atoms with van der Waals surface area (Å²) >= 11 is 0. The Bertz CT molecular complexity index is 843. The number of nitrogens with one attached hydrogen (secondary N) is 2. The highest BCUT2D eigenvalue weighted by Gasteiger charge is 2.26. The summed E-state index contributed by atoms with van der Waals surface area (Å²) in [6, 6.07) is 10.0. The zero-order valence-electron chi connectivity index (χ0n) is 15.5. The first-order valence-electron chi connectivity index (χ1n) is 9.05. The largest absolute Gasteiger partial charge is 0.346 e. The molecule has 1 fully saturated rings. The number of hydrogen-bond donors (Lipinski definition) is 2. The number of benzene rings is 1. The molecule has 1 aliphatic carbocycles. The maximum absolute atomic E-state index is 12.1. The van der Waals surface area contributed by atoms with Crippen LogP contribution in [0.25, 0.3) is 6.08 Å². The first-order valence-corrected chi connectivity index (χ1v) is 9.05. The van der Waals surface area contributed by atoms with Crippen LogP contribution in [0.15, 0.2) is 36.4 Å². The summed E-state index contributed by atoms with van der Waals surface area (Å²) in [6.07, 6.45) is 6.61. The van der Waals surface area contributed by atoms with E-state index < -0.39 is 0 Å². The van der Waals surface area contributed by atoms with E-state index in [1.165, 1.54) is 30.3 Å². The molecule has 3 rings (SSSR count). The summed E-state index contributed by atoms with van der Waals surface area (Å²) in [4.78, 5) is 24.0. The zero-order valence-corrected chi connectivity index (χ0v) is 15.5. The molecule has 136 valence electrons. The van der Waals surface area contributed by atoms with Gasteiger partial charge in [-0.2, -0.15) is 0 Å². The molecule has 5 nitrogen and oxygen atoms in total. The van der Waals surface area contributed by atoms with Crippen molar-refractivity contribution in [3.8, 4) is 0 Å². The molecule has 1 aromatic heterocycles. The minimum Gasteiger partial charge on any atom is -0.346 e. The molecule has 1 heterocycles. The third-order valence-corrected chi connectivity index (χ3v) is 4.77. The van der Waals surface area contributed by atoms with Crippen molar-refractivity contribution >= 4 is 17.9 Å². The van der Waals surface area contributed by atoms with E-state index in [9.17, 15) is 9.59 Å². The van der Waals surface area contributed by atoms with Crippen LogP contribution in [0.1, 0.15) is 58.7 Å². The van der Waals surface area contributed by atoms with Crippen LogP contribution < -0.4 is 10.9 Å².